The number of amides is 1. The fraction of sp³-hybridized carbons (Fsp3) is 0.333. The Bertz CT molecular complexity index is 955. The van der Waals surface area contributed by atoms with Crippen LogP contribution >= 0.6 is 0 Å². The number of likely N-dealkylation sites (N-methyl/N-ethyl adjacent to an activating group) is 1. The number of rotatable bonds is 7. The molecule has 0 spiro atoms. The van der Waals surface area contributed by atoms with E-state index in [4.69, 9.17) is 9.47 Å². The Hall–Kier alpha value is -3.66. The van der Waals surface area contributed by atoms with E-state index in [0.717, 1.165) is 31.9 Å². The molecular formula is C21H24N4O6. The number of nitro groups is 1. The molecule has 0 aliphatic carbocycles. The fourth-order valence-electron chi connectivity index (χ4n) is 3.20. The monoisotopic (exact) mass is 428 g/mol. The summed E-state index contributed by atoms with van der Waals surface area (Å²) in [6.45, 7) is 3.06. The molecule has 2 aromatic rings. The lowest BCUT2D eigenvalue weighted by Crippen LogP contribution is -2.44. The van der Waals surface area contributed by atoms with Crippen LogP contribution in [0.25, 0.3) is 0 Å². The number of anilines is 2. The maximum Gasteiger partial charge on any atom is 0.337 e. The van der Waals surface area contributed by atoms with E-state index in [0.29, 0.717) is 17.0 Å². The molecule has 31 heavy (non-hydrogen) atoms. The van der Waals surface area contributed by atoms with Crippen molar-refractivity contribution < 1.29 is 24.0 Å². The predicted octanol–water partition coefficient (Wildman–Crippen LogP) is 2.15. The van der Waals surface area contributed by atoms with E-state index in [1.165, 1.54) is 31.4 Å². The number of piperazine rings is 1. The van der Waals surface area contributed by atoms with Crippen molar-refractivity contribution in [2.75, 3.05) is 57.2 Å². The average molecular weight is 428 g/mol. The zero-order valence-corrected chi connectivity index (χ0v) is 17.4. The zero-order chi connectivity index (χ0) is 22.4. The molecule has 1 heterocycles. The summed E-state index contributed by atoms with van der Waals surface area (Å²) in [4.78, 5) is 39.0. The molecule has 164 valence electrons. The van der Waals surface area contributed by atoms with Gasteiger partial charge < -0.3 is 24.6 Å². The average Bonchev–Trinajstić information content (AvgIpc) is 2.78. The number of esters is 1. The first kappa shape index (κ1) is 22.0. The van der Waals surface area contributed by atoms with E-state index in [2.05, 4.69) is 22.2 Å². The molecule has 0 unspecified atom stereocenters. The molecule has 10 heteroatoms. The van der Waals surface area contributed by atoms with Crippen molar-refractivity contribution in [3.05, 3.63) is 58.1 Å². The molecule has 1 aliphatic heterocycles. The Morgan fingerprint density at radius 1 is 1.10 bits per heavy atom. The van der Waals surface area contributed by atoms with E-state index in [-0.39, 0.29) is 12.3 Å². The topological polar surface area (TPSA) is 114 Å². The fourth-order valence-corrected chi connectivity index (χ4v) is 3.20. The summed E-state index contributed by atoms with van der Waals surface area (Å²) in [6, 6.07) is 10.5. The molecule has 1 aliphatic rings. The van der Waals surface area contributed by atoms with E-state index >= 15 is 0 Å². The second-order valence-corrected chi connectivity index (χ2v) is 7.10. The highest BCUT2D eigenvalue weighted by molar-refractivity contribution is 5.98. The van der Waals surface area contributed by atoms with Gasteiger partial charge in [0.1, 0.15) is 5.75 Å². The molecular weight excluding hydrogens is 404 g/mol. The third-order valence-electron chi connectivity index (χ3n) is 4.95. The van der Waals surface area contributed by atoms with Crippen LogP contribution in [0.15, 0.2) is 42.5 Å². The van der Waals surface area contributed by atoms with Crippen LogP contribution in [0.2, 0.25) is 0 Å². The number of nitrogens with zero attached hydrogens (tertiary/aromatic N) is 3. The molecule has 2 aromatic carbocycles. The van der Waals surface area contributed by atoms with E-state index in [1.54, 1.807) is 18.2 Å². The lowest BCUT2D eigenvalue weighted by molar-refractivity contribution is -0.384. The highest BCUT2D eigenvalue weighted by Crippen LogP contribution is 2.29. The molecule has 1 saturated heterocycles. The van der Waals surface area contributed by atoms with Crippen molar-refractivity contribution >= 4 is 28.9 Å². The van der Waals surface area contributed by atoms with Gasteiger partial charge in [0.15, 0.2) is 6.61 Å². The number of non-ortho nitro benzene ring substituents is 1. The highest BCUT2D eigenvalue weighted by Gasteiger charge is 2.20. The lowest BCUT2D eigenvalue weighted by Gasteiger charge is -2.35. The van der Waals surface area contributed by atoms with Crippen LogP contribution in [0.5, 0.6) is 5.75 Å². The number of methoxy groups -OCH3 is 1. The van der Waals surface area contributed by atoms with Crippen molar-refractivity contribution in [1.82, 2.24) is 4.90 Å². The Morgan fingerprint density at radius 2 is 1.77 bits per heavy atom. The Kier molecular flexibility index (Phi) is 7.03. The maximum atomic E-state index is 12.5. The van der Waals surface area contributed by atoms with Crippen LogP contribution in [-0.4, -0.2) is 68.6 Å². The summed E-state index contributed by atoms with van der Waals surface area (Å²) in [5.74, 6) is -0.582. The number of hydrogen-bond acceptors (Lipinski definition) is 8. The first-order valence-electron chi connectivity index (χ1n) is 9.70. The van der Waals surface area contributed by atoms with Gasteiger partial charge >= 0.3 is 5.97 Å². The minimum Gasteiger partial charge on any atom is -0.484 e. The van der Waals surface area contributed by atoms with Gasteiger partial charge in [-0.25, -0.2) is 4.79 Å². The minimum atomic E-state index is -0.509. The number of nitro benzene ring substituents is 1. The van der Waals surface area contributed by atoms with Crippen molar-refractivity contribution in [2.24, 2.45) is 0 Å². The van der Waals surface area contributed by atoms with Gasteiger partial charge in [-0.15, -0.1) is 0 Å². The molecule has 0 atom stereocenters. The van der Waals surface area contributed by atoms with Crippen LogP contribution < -0.4 is 15.0 Å². The number of benzene rings is 2. The molecule has 0 saturated carbocycles. The molecule has 1 fully saturated rings. The highest BCUT2D eigenvalue weighted by atomic mass is 16.6. The first-order chi connectivity index (χ1) is 14.9. The third kappa shape index (κ3) is 5.70. The predicted molar refractivity (Wildman–Crippen MR) is 115 cm³/mol. The normalized spacial score (nSPS) is 14.1. The zero-order valence-electron chi connectivity index (χ0n) is 17.4. The van der Waals surface area contributed by atoms with Gasteiger partial charge in [0, 0.05) is 38.3 Å². The van der Waals surface area contributed by atoms with Crippen molar-refractivity contribution in [1.29, 1.82) is 0 Å². The standard InChI is InChI=1S/C21H24N4O6/c1-23-9-11-24(12-10-23)19-8-3-15(21(27)30-2)13-18(19)22-20(26)14-31-17-6-4-16(5-7-17)25(28)29/h3-8,13H,9-12,14H2,1-2H3,(H,22,26). The molecule has 10 nitrogen and oxygen atoms in total. The number of carbonyl (C=O) groups is 2. The Balaban J connectivity index is 1.72. The van der Waals surface area contributed by atoms with Crippen LogP contribution in [0.1, 0.15) is 10.4 Å². The van der Waals surface area contributed by atoms with E-state index in [1.807, 2.05) is 0 Å². The second kappa shape index (κ2) is 9.90. The van der Waals surface area contributed by atoms with Gasteiger partial charge in [-0.3, -0.25) is 14.9 Å². The molecule has 0 radical (unpaired) electrons. The van der Waals surface area contributed by atoms with Crippen molar-refractivity contribution in [3.63, 3.8) is 0 Å². The van der Waals surface area contributed by atoms with E-state index in [9.17, 15) is 19.7 Å². The van der Waals surface area contributed by atoms with E-state index < -0.39 is 16.8 Å². The second-order valence-electron chi connectivity index (χ2n) is 7.10. The van der Waals surface area contributed by atoms with Gasteiger partial charge in [0.05, 0.1) is 29.0 Å². The van der Waals surface area contributed by atoms with Crippen molar-refractivity contribution in [2.45, 2.75) is 0 Å². The maximum absolute atomic E-state index is 12.5. The summed E-state index contributed by atoms with van der Waals surface area (Å²) in [7, 11) is 3.35. The Morgan fingerprint density at radius 3 is 2.39 bits per heavy atom. The van der Waals surface area contributed by atoms with Crippen LogP contribution in [0.4, 0.5) is 17.1 Å². The number of ether oxygens (including phenoxy) is 2. The van der Waals surface area contributed by atoms with Gasteiger partial charge in [0.25, 0.3) is 11.6 Å². The van der Waals surface area contributed by atoms with Gasteiger partial charge in [0.2, 0.25) is 0 Å². The van der Waals surface area contributed by atoms with Crippen molar-refractivity contribution in [3.8, 4) is 5.75 Å². The molecule has 1 amide bonds. The summed E-state index contributed by atoms with van der Waals surface area (Å²) in [5, 5.41) is 13.5. The number of hydrogen-bond donors (Lipinski definition) is 1. The summed E-state index contributed by atoms with van der Waals surface area (Å²) >= 11 is 0. The molecule has 3 rings (SSSR count). The smallest absolute Gasteiger partial charge is 0.337 e. The minimum absolute atomic E-state index is 0.0618. The van der Waals surface area contributed by atoms with Crippen LogP contribution in [-0.2, 0) is 9.53 Å². The molecule has 0 bridgehead atoms. The van der Waals surface area contributed by atoms with Gasteiger partial charge in [-0.2, -0.15) is 0 Å². The van der Waals surface area contributed by atoms with Crippen LogP contribution in [0, 0.1) is 10.1 Å². The van der Waals surface area contributed by atoms with Gasteiger partial charge in [-0.05, 0) is 37.4 Å². The van der Waals surface area contributed by atoms with Gasteiger partial charge in [-0.1, -0.05) is 0 Å². The first-order valence-corrected chi connectivity index (χ1v) is 9.70. The molecule has 1 N–H and O–H groups in total. The quantitative estimate of drug-likeness (QED) is 0.405. The Labute approximate surface area is 179 Å². The van der Waals surface area contributed by atoms with Crippen LogP contribution in [0.3, 0.4) is 0 Å². The number of nitrogens with one attached hydrogen (secondary N) is 1. The summed E-state index contributed by atoms with van der Waals surface area (Å²) in [5.41, 5.74) is 1.56. The third-order valence-corrected chi connectivity index (χ3v) is 4.95. The molecule has 0 aromatic heterocycles. The SMILES string of the molecule is COC(=O)c1ccc(N2CCN(C)CC2)c(NC(=O)COc2ccc([N+](=O)[O-])cc2)c1. The largest absolute Gasteiger partial charge is 0.484 e. The summed E-state index contributed by atoms with van der Waals surface area (Å²) in [6.07, 6.45) is 0. The number of carbonyl (C=O) groups excluding carboxylic acids is 2. The summed E-state index contributed by atoms with van der Waals surface area (Å²) < 4.78 is 10.2. The lowest BCUT2D eigenvalue weighted by atomic mass is 10.1.